The van der Waals surface area contributed by atoms with E-state index in [1.165, 1.54) is 5.56 Å². The first-order valence-electron chi connectivity index (χ1n) is 11.0. The summed E-state index contributed by atoms with van der Waals surface area (Å²) in [6, 6.07) is 30.8. The van der Waals surface area contributed by atoms with E-state index >= 15 is 0 Å². The monoisotopic (exact) mass is 448 g/mol. The Balaban J connectivity index is 1.28. The number of fused-ring (bicyclic) bond motifs is 2. The van der Waals surface area contributed by atoms with Gasteiger partial charge in [0, 0.05) is 12.1 Å². The van der Waals surface area contributed by atoms with Crippen molar-refractivity contribution < 1.29 is 19.0 Å². The number of esters is 1. The average Bonchev–Trinajstić information content (AvgIpc) is 3.50. The van der Waals surface area contributed by atoms with Crippen LogP contribution >= 0.6 is 0 Å². The normalized spacial score (nSPS) is 12.1. The van der Waals surface area contributed by atoms with Crippen molar-refractivity contribution in [2.24, 2.45) is 0 Å². The van der Waals surface area contributed by atoms with Gasteiger partial charge in [0.15, 0.2) is 11.5 Å². The molecule has 6 rings (SSSR count). The van der Waals surface area contributed by atoms with Crippen LogP contribution in [-0.2, 0) is 6.54 Å². The van der Waals surface area contributed by atoms with Gasteiger partial charge in [0.25, 0.3) is 0 Å². The summed E-state index contributed by atoms with van der Waals surface area (Å²) in [4.78, 5) is 17.5. The lowest BCUT2D eigenvalue weighted by Crippen LogP contribution is -2.08. The maximum Gasteiger partial charge on any atom is 0.343 e. The molecule has 0 N–H and O–H groups in total. The fraction of sp³-hybridized carbons (Fsp3) is 0.0714. The van der Waals surface area contributed by atoms with Crippen molar-refractivity contribution in [1.82, 2.24) is 9.55 Å². The molecule has 0 saturated heterocycles. The number of para-hydroxylation sites is 2. The summed E-state index contributed by atoms with van der Waals surface area (Å²) in [5, 5.41) is 0. The Bertz CT molecular complexity index is 1490. The molecule has 1 aliphatic rings. The summed E-state index contributed by atoms with van der Waals surface area (Å²) in [5.74, 6) is 2.03. The predicted molar refractivity (Wildman–Crippen MR) is 128 cm³/mol. The Morgan fingerprint density at radius 3 is 2.47 bits per heavy atom. The van der Waals surface area contributed by atoms with Crippen LogP contribution in [0.4, 0.5) is 0 Å². The third-order valence-corrected chi connectivity index (χ3v) is 5.77. The van der Waals surface area contributed by atoms with Crippen molar-refractivity contribution in [3.63, 3.8) is 0 Å². The molecule has 2 heterocycles. The topological polar surface area (TPSA) is 62.6 Å². The Kier molecular flexibility index (Phi) is 4.96. The highest BCUT2D eigenvalue weighted by Crippen LogP contribution is 2.33. The Morgan fingerprint density at radius 2 is 1.62 bits per heavy atom. The lowest BCUT2D eigenvalue weighted by molar-refractivity contribution is 0.0734. The first-order valence-corrected chi connectivity index (χ1v) is 11.0. The van der Waals surface area contributed by atoms with Gasteiger partial charge in [-0.1, -0.05) is 42.5 Å². The summed E-state index contributed by atoms with van der Waals surface area (Å²) in [5.41, 5.74) is 4.54. The molecular weight excluding hydrogens is 428 g/mol. The largest absolute Gasteiger partial charge is 0.454 e. The molecule has 0 bridgehead atoms. The van der Waals surface area contributed by atoms with Gasteiger partial charge in [-0.05, 0) is 60.2 Å². The number of rotatable bonds is 5. The minimum Gasteiger partial charge on any atom is -0.454 e. The molecule has 0 saturated carbocycles. The number of carbonyl (C=O) groups excluding carboxylic acids is 1. The zero-order valence-corrected chi connectivity index (χ0v) is 18.2. The van der Waals surface area contributed by atoms with Crippen molar-refractivity contribution in [3.8, 4) is 28.6 Å². The van der Waals surface area contributed by atoms with E-state index in [0.717, 1.165) is 22.4 Å². The van der Waals surface area contributed by atoms with E-state index in [2.05, 4.69) is 22.8 Å². The number of aromatic nitrogens is 2. The van der Waals surface area contributed by atoms with Crippen molar-refractivity contribution in [2.45, 2.75) is 6.54 Å². The molecule has 6 nitrogen and oxygen atoms in total. The molecule has 1 aromatic heterocycles. The smallest absolute Gasteiger partial charge is 0.343 e. The van der Waals surface area contributed by atoms with Gasteiger partial charge in [-0.15, -0.1) is 0 Å². The summed E-state index contributed by atoms with van der Waals surface area (Å²) < 4.78 is 18.4. The minimum absolute atomic E-state index is 0.157. The van der Waals surface area contributed by atoms with Crippen LogP contribution in [0.2, 0.25) is 0 Å². The second kappa shape index (κ2) is 8.41. The first-order chi connectivity index (χ1) is 16.7. The van der Waals surface area contributed by atoms with Crippen LogP contribution in [-0.4, -0.2) is 22.3 Å². The zero-order chi connectivity index (χ0) is 22.9. The van der Waals surface area contributed by atoms with E-state index in [0.29, 0.717) is 29.4 Å². The highest BCUT2D eigenvalue weighted by molar-refractivity contribution is 5.92. The van der Waals surface area contributed by atoms with Gasteiger partial charge >= 0.3 is 5.97 Å². The second-order valence-corrected chi connectivity index (χ2v) is 7.98. The van der Waals surface area contributed by atoms with Crippen molar-refractivity contribution in [2.75, 3.05) is 6.79 Å². The van der Waals surface area contributed by atoms with Crippen LogP contribution in [0.25, 0.3) is 22.4 Å². The molecule has 0 spiro atoms. The molecule has 0 atom stereocenters. The number of hydrogen-bond donors (Lipinski definition) is 0. The third kappa shape index (κ3) is 3.75. The Morgan fingerprint density at radius 1 is 0.853 bits per heavy atom. The highest BCUT2D eigenvalue weighted by Gasteiger charge is 2.18. The van der Waals surface area contributed by atoms with Gasteiger partial charge < -0.3 is 18.8 Å². The van der Waals surface area contributed by atoms with Gasteiger partial charge in [0.05, 0.1) is 16.6 Å². The quantitative estimate of drug-likeness (QED) is 0.255. The molecule has 0 amide bonds. The Hall–Kier alpha value is -4.58. The number of hydrogen-bond acceptors (Lipinski definition) is 5. The molecule has 0 radical (unpaired) electrons. The van der Waals surface area contributed by atoms with Gasteiger partial charge in [0.1, 0.15) is 11.6 Å². The standard InChI is InChI=1S/C28H20N2O4/c31-28(21-12-15-25-26(16-21)33-18-32-25)34-22-13-10-20(11-14-22)27-29-23-8-4-5-9-24(23)30(27)17-19-6-2-1-3-7-19/h1-16H,17-18H2. The molecule has 0 unspecified atom stereocenters. The maximum absolute atomic E-state index is 12.6. The van der Waals surface area contributed by atoms with E-state index in [4.69, 9.17) is 19.2 Å². The van der Waals surface area contributed by atoms with Crippen molar-refractivity contribution in [1.29, 1.82) is 0 Å². The highest BCUT2D eigenvalue weighted by atomic mass is 16.7. The van der Waals surface area contributed by atoms with E-state index in [9.17, 15) is 4.79 Å². The van der Waals surface area contributed by atoms with E-state index in [1.54, 1.807) is 30.3 Å². The zero-order valence-electron chi connectivity index (χ0n) is 18.2. The van der Waals surface area contributed by atoms with E-state index in [1.807, 2.05) is 48.5 Å². The van der Waals surface area contributed by atoms with E-state index < -0.39 is 5.97 Å². The van der Waals surface area contributed by atoms with Crippen LogP contribution < -0.4 is 14.2 Å². The lowest BCUT2D eigenvalue weighted by atomic mass is 10.1. The molecule has 34 heavy (non-hydrogen) atoms. The minimum atomic E-state index is -0.456. The predicted octanol–water partition coefficient (Wildman–Crippen LogP) is 5.70. The first kappa shape index (κ1) is 20.1. The fourth-order valence-electron chi connectivity index (χ4n) is 4.08. The maximum atomic E-state index is 12.6. The summed E-state index contributed by atoms with van der Waals surface area (Å²) in [6.45, 7) is 0.863. The fourth-order valence-corrected chi connectivity index (χ4v) is 4.08. The van der Waals surface area contributed by atoms with Gasteiger partial charge in [0.2, 0.25) is 6.79 Å². The SMILES string of the molecule is O=C(Oc1ccc(-c2nc3ccccc3n2Cc2ccccc2)cc1)c1ccc2c(c1)OCO2. The molecular formula is C28H20N2O4. The molecule has 6 heteroatoms. The Labute approximate surface area is 196 Å². The summed E-state index contributed by atoms with van der Waals surface area (Å²) >= 11 is 0. The van der Waals surface area contributed by atoms with Crippen molar-refractivity contribution >= 4 is 17.0 Å². The average molecular weight is 448 g/mol. The van der Waals surface area contributed by atoms with Gasteiger partial charge in [-0.2, -0.15) is 0 Å². The number of ether oxygens (including phenoxy) is 3. The third-order valence-electron chi connectivity index (χ3n) is 5.77. The summed E-state index contributed by atoms with van der Waals surface area (Å²) in [6.07, 6.45) is 0. The molecule has 0 fully saturated rings. The molecule has 5 aromatic rings. The number of imidazole rings is 1. The number of nitrogens with zero attached hydrogens (tertiary/aromatic N) is 2. The van der Waals surface area contributed by atoms with Crippen LogP contribution in [0, 0.1) is 0 Å². The summed E-state index contributed by atoms with van der Waals surface area (Å²) in [7, 11) is 0. The molecule has 1 aliphatic heterocycles. The molecule has 166 valence electrons. The lowest BCUT2D eigenvalue weighted by Gasteiger charge is -2.10. The number of benzene rings is 4. The van der Waals surface area contributed by atoms with E-state index in [-0.39, 0.29) is 6.79 Å². The number of carbonyl (C=O) groups is 1. The van der Waals surface area contributed by atoms with Gasteiger partial charge in [-0.25, -0.2) is 9.78 Å². The van der Waals surface area contributed by atoms with Crippen LogP contribution in [0.3, 0.4) is 0 Å². The van der Waals surface area contributed by atoms with Crippen LogP contribution in [0.15, 0.2) is 97.1 Å². The van der Waals surface area contributed by atoms with Crippen LogP contribution in [0.1, 0.15) is 15.9 Å². The second-order valence-electron chi connectivity index (χ2n) is 7.98. The van der Waals surface area contributed by atoms with Crippen LogP contribution in [0.5, 0.6) is 17.2 Å². The molecule has 4 aromatic carbocycles. The molecule has 0 aliphatic carbocycles. The van der Waals surface area contributed by atoms with Gasteiger partial charge in [-0.3, -0.25) is 0 Å². The van der Waals surface area contributed by atoms with Crippen molar-refractivity contribution in [3.05, 3.63) is 108 Å².